The fourth-order valence-electron chi connectivity index (χ4n) is 4.46. The number of hydrogen-bond donors (Lipinski definition) is 1. The van der Waals surface area contributed by atoms with Crippen LogP contribution in [-0.4, -0.2) is 6.04 Å². The Morgan fingerprint density at radius 2 is 0.552 bits per heavy atom. The fraction of sp³-hybridized carbons (Fsp3) is 1.00. The summed E-state index contributed by atoms with van der Waals surface area (Å²) in [5, 5.41) is 0. The van der Waals surface area contributed by atoms with Crippen LogP contribution >= 0.6 is 0 Å². The van der Waals surface area contributed by atoms with E-state index >= 15 is 0 Å². The van der Waals surface area contributed by atoms with Gasteiger partial charge in [0.05, 0.1) is 0 Å². The van der Waals surface area contributed by atoms with E-state index in [-0.39, 0.29) is 0 Å². The lowest BCUT2D eigenvalue weighted by Crippen LogP contribution is -2.19. The molecule has 1 nitrogen and oxygen atoms in total. The molecule has 0 radical (unpaired) electrons. The molecule has 0 bridgehead atoms. The van der Waals surface area contributed by atoms with Crippen LogP contribution in [0.3, 0.4) is 0 Å². The highest BCUT2D eigenvalue weighted by molar-refractivity contribution is 4.62. The standard InChI is InChI=1S/C28H59N/c1-3-5-7-9-11-13-15-17-19-21-23-25-27-28(29)26-24-22-20-18-16-14-12-10-8-6-4-2/h28H,3-27,29H2,1-2H3. The summed E-state index contributed by atoms with van der Waals surface area (Å²) in [5.74, 6) is 0. The van der Waals surface area contributed by atoms with Crippen LogP contribution in [0, 0.1) is 0 Å². The summed E-state index contributed by atoms with van der Waals surface area (Å²) in [6, 6.07) is 0.469. The molecule has 0 aliphatic carbocycles. The second-order valence-electron chi connectivity index (χ2n) is 9.76. The highest BCUT2D eigenvalue weighted by atomic mass is 14.6. The smallest absolute Gasteiger partial charge is 0.00388 e. The summed E-state index contributed by atoms with van der Waals surface area (Å²) >= 11 is 0. The van der Waals surface area contributed by atoms with Gasteiger partial charge in [0.25, 0.3) is 0 Å². The second kappa shape index (κ2) is 26.0. The van der Waals surface area contributed by atoms with Crippen LogP contribution in [0.2, 0.25) is 0 Å². The molecule has 29 heavy (non-hydrogen) atoms. The SMILES string of the molecule is CCCCCCCCCCCCCCC(N)CCCCCCCCCCCCC. The zero-order valence-electron chi connectivity index (χ0n) is 20.8. The molecule has 0 fully saturated rings. The van der Waals surface area contributed by atoms with Crippen molar-refractivity contribution in [3.63, 3.8) is 0 Å². The molecule has 0 saturated carbocycles. The molecule has 176 valence electrons. The van der Waals surface area contributed by atoms with E-state index in [1.165, 1.54) is 161 Å². The molecule has 0 aromatic rings. The van der Waals surface area contributed by atoms with E-state index in [0.29, 0.717) is 6.04 Å². The van der Waals surface area contributed by atoms with Crippen molar-refractivity contribution < 1.29 is 0 Å². The monoisotopic (exact) mass is 409 g/mol. The summed E-state index contributed by atoms with van der Waals surface area (Å²) in [4.78, 5) is 0. The van der Waals surface area contributed by atoms with Crippen molar-refractivity contribution in [1.82, 2.24) is 0 Å². The van der Waals surface area contributed by atoms with Crippen LogP contribution in [0.25, 0.3) is 0 Å². The zero-order valence-corrected chi connectivity index (χ0v) is 20.8. The lowest BCUT2D eigenvalue weighted by molar-refractivity contribution is 0.478. The van der Waals surface area contributed by atoms with Crippen molar-refractivity contribution in [3.05, 3.63) is 0 Å². The van der Waals surface area contributed by atoms with Crippen molar-refractivity contribution in [1.29, 1.82) is 0 Å². The van der Waals surface area contributed by atoms with Crippen molar-refractivity contribution in [3.8, 4) is 0 Å². The highest BCUT2D eigenvalue weighted by Crippen LogP contribution is 2.15. The number of hydrogen-bond acceptors (Lipinski definition) is 1. The van der Waals surface area contributed by atoms with Crippen LogP contribution in [0.5, 0.6) is 0 Å². The van der Waals surface area contributed by atoms with Gasteiger partial charge in [-0.25, -0.2) is 0 Å². The molecule has 0 amide bonds. The highest BCUT2D eigenvalue weighted by Gasteiger charge is 2.02. The third-order valence-corrected chi connectivity index (χ3v) is 6.61. The van der Waals surface area contributed by atoms with Crippen molar-refractivity contribution in [2.75, 3.05) is 0 Å². The number of rotatable bonds is 25. The normalized spacial score (nSPS) is 12.5. The molecule has 2 N–H and O–H groups in total. The summed E-state index contributed by atoms with van der Waals surface area (Å²) in [7, 11) is 0. The molecule has 0 spiro atoms. The first-order valence-corrected chi connectivity index (χ1v) is 14.1. The van der Waals surface area contributed by atoms with E-state index in [1.807, 2.05) is 0 Å². The van der Waals surface area contributed by atoms with Gasteiger partial charge < -0.3 is 5.73 Å². The first-order chi connectivity index (χ1) is 14.3. The van der Waals surface area contributed by atoms with E-state index in [1.54, 1.807) is 0 Å². The molecule has 0 rings (SSSR count). The molecule has 0 aromatic carbocycles. The molecule has 0 aliphatic heterocycles. The largest absolute Gasteiger partial charge is 0.328 e. The molecular formula is C28H59N. The third-order valence-electron chi connectivity index (χ3n) is 6.61. The van der Waals surface area contributed by atoms with Gasteiger partial charge in [-0.15, -0.1) is 0 Å². The Balaban J connectivity index is 3.12. The van der Waals surface area contributed by atoms with Crippen LogP contribution < -0.4 is 5.73 Å². The fourth-order valence-corrected chi connectivity index (χ4v) is 4.46. The van der Waals surface area contributed by atoms with Gasteiger partial charge in [0, 0.05) is 6.04 Å². The second-order valence-corrected chi connectivity index (χ2v) is 9.76. The predicted molar refractivity (Wildman–Crippen MR) is 135 cm³/mol. The van der Waals surface area contributed by atoms with E-state index < -0.39 is 0 Å². The maximum atomic E-state index is 6.32. The van der Waals surface area contributed by atoms with Gasteiger partial charge in [-0.1, -0.05) is 162 Å². The topological polar surface area (TPSA) is 26.0 Å². The minimum absolute atomic E-state index is 0.469. The minimum Gasteiger partial charge on any atom is -0.328 e. The van der Waals surface area contributed by atoms with E-state index in [0.717, 1.165) is 0 Å². The molecule has 0 heterocycles. The summed E-state index contributed by atoms with van der Waals surface area (Å²) < 4.78 is 0. The van der Waals surface area contributed by atoms with Gasteiger partial charge in [0.1, 0.15) is 0 Å². The Kier molecular flexibility index (Phi) is 26.0. The lowest BCUT2D eigenvalue weighted by atomic mass is 10.00. The Hall–Kier alpha value is -0.0400. The van der Waals surface area contributed by atoms with E-state index in [9.17, 15) is 0 Å². The van der Waals surface area contributed by atoms with Gasteiger partial charge in [0.15, 0.2) is 0 Å². The van der Waals surface area contributed by atoms with Crippen LogP contribution in [0.15, 0.2) is 0 Å². The summed E-state index contributed by atoms with van der Waals surface area (Å²) in [5.41, 5.74) is 6.32. The molecule has 0 aromatic heterocycles. The van der Waals surface area contributed by atoms with Gasteiger partial charge in [-0.3, -0.25) is 0 Å². The number of nitrogens with two attached hydrogens (primary N) is 1. The van der Waals surface area contributed by atoms with Gasteiger partial charge in [-0.05, 0) is 12.8 Å². The zero-order chi connectivity index (χ0) is 21.3. The minimum atomic E-state index is 0.469. The molecule has 0 aliphatic rings. The molecule has 1 atom stereocenters. The maximum Gasteiger partial charge on any atom is 0.00388 e. The molecular weight excluding hydrogens is 350 g/mol. The summed E-state index contributed by atoms with van der Waals surface area (Å²) in [6.07, 6.45) is 35.4. The van der Waals surface area contributed by atoms with Gasteiger partial charge in [-0.2, -0.15) is 0 Å². The van der Waals surface area contributed by atoms with Crippen LogP contribution in [-0.2, 0) is 0 Å². The first kappa shape index (κ1) is 29.0. The summed E-state index contributed by atoms with van der Waals surface area (Å²) in [6.45, 7) is 4.59. The predicted octanol–water partition coefficient (Wildman–Crippen LogP) is 10.1. The average molecular weight is 410 g/mol. The van der Waals surface area contributed by atoms with Crippen molar-refractivity contribution >= 4 is 0 Å². The van der Waals surface area contributed by atoms with Crippen molar-refractivity contribution in [2.24, 2.45) is 5.73 Å². The first-order valence-electron chi connectivity index (χ1n) is 14.1. The van der Waals surface area contributed by atoms with Gasteiger partial charge in [0.2, 0.25) is 0 Å². The van der Waals surface area contributed by atoms with E-state index in [4.69, 9.17) is 5.73 Å². The average Bonchev–Trinajstić information content (AvgIpc) is 2.72. The third kappa shape index (κ3) is 25.9. The Morgan fingerprint density at radius 1 is 0.345 bits per heavy atom. The van der Waals surface area contributed by atoms with Crippen LogP contribution in [0.4, 0.5) is 0 Å². The molecule has 1 heteroatoms. The Labute approximate surface area is 186 Å². The molecule has 0 saturated heterocycles. The maximum absolute atomic E-state index is 6.32. The lowest BCUT2D eigenvalue weighted by Gasteiger charge is -2.11. The Bertz CT molecular complexity index is 275. The van der Waals surface area contributed by atoms with Gasteiger partial charge >= 0.3 is 0 Å². The molecule has 1 unspecified atom stereocenters. The van der Waals surface area contributed by atoms with E-state index in [2.05, 4.69) is 13.8 Å². The van der Waals surface area contributed by atoms with Crippen LogP contribution in [0.1, 0.15) is 174 Å². The number of unbranched alkanes of at least 4 members (excludes halogenated alkanes) is 21. The quantitative estimate of drug-likeness (QED) is 0.149. The van der Waals surface area contributed by atoms with Crippen molar-refractivity contribution in [2.45, 2.75) is 180 Å². The Morgan fingerprint density at radius 3 is 0.793 bits per heavy atom.